The summed E-state index contributed by atoms with van der Waals surface area (Å²) in [5.41, 5.74) is 1.94. The molecule has 3 heteroatoms. The number of nitrogens with zero attached hydrogens (tertiary/aromatic N) is 1. The van der Waals surface area contributed by atoms with Crippen molar-refractivity contribution in [3.8, 4) is 6.07 Å². The van der Waals surface area contributed by atoms with Crippen LogP contribution in [0.5, 0.6) is 0 Å². The van der Waals surface area contributed by atoms with Crippen molar-refractivity contribution in [2.75, 3.05) is 12.3 Å². The van der Waals surface area contributed by atoms with Gasteiger partial charge in [0, 0.05) is 18.3 Å². The van der Waals surface area contributed by atoms with Crippen LogP contribution in [0.25, 0.3) is 0 Å². The SMILES string of the molecule is N#Cc1cccc(CNCC2CCCS2)c1. The van der Waals surface area contributed by atoms with E-state index in [1.165, 1.54) is 24.2 Å². The lowest BCUT2D eigenvalue weighted by molar-refractivity contribution is 0.646. The van der Waals surface area contributed by atoms with E-state index in [0.717, 1.165) is 23.9 Å². The molecule has 0 aliphatic carbocycles. The lowest BCUT2D eigenvalue weighted by Gasteiger charge is -2.10. The average Bonchev–Trinajstić information content (AvgIpc) is 2.82. The lowest BCUT2D eigenvalue weighted by Crippen LogP contribution is -2.22. The molecule has 1 unspecified atom stereocenters. The summed E-state index contributed by atoms with van der Waals surface area (Å²) >= 11 is 2.07. The van der Waals surface area contributed by atoms with Crippen molar-refractivity contribution in [1.82, 2.24) is 5.32 Å². The van der Waals surface area contributed by atoms with Gasteiger partial charge in [-0.05, 0) is 36.3 Å². The van der Waals surface area contributed by atoms with Gasteiger partial charge in [-0.15, -0.1) is 0 Å². The fourth-order valence-electron chi connectivity index (χ4n) is 1.93. The predicted octanol–water partition coefficient (Wildman–Crippen LogP) is 2.54. The Labute approximate surface area is 101 Å². The Morgan fingerprint density at radius 2 is 2.44 bits per heavy atom. The zero-order valence-corrected chi connectivity index (χ0v) is 10.1. The number of hydrogen-bond donors (Lipinski definition) is 1. The first-order valence-corrected chi connectivity index (χ1v) is 6.75. The largest absolute Gasteiger partial charge is 0.312 e. The molecule has 1 saturated heterocycles. The van der Waals surface area contributed by atoms with Crippen LogP contribution in [0.3, 0.4) is 0 Å². The fraction of sp³-hybridized carbons (Fsp3) is 0.462. The van der Waals surface area contributed by atoms with E-state index in [2.05, 4.69) is 29.2 Å². The zero-order chi connectivity index (χ0) is 11.2. The van der Waals surface area contributed by atoms with E-state index in [0.29, 0.717) is 0 Å². The Hall–Kier alpha value is -0.980. The second kappa shape index (κ2) is 5.93. The first-order chi connectivity index (χ1) is 7.88. The molecular weight excluding hydrogens is 216 g/mol. The van der Waals surface area contributed by atoms with Crippen LogP contribution in [-0.4, -0.2) is 17.5 Å². The molecular formula is C13H16N2S. The van der Waals surface area contributed by atoms with Crippen LogP contribution in [0.15, 0.2) is 24.3 Å². The van der Waals surface area contributed by atoms with Gasteiger partial charge in [0.2, 0.25) is 0 Å². The molecule has 84 valence electrons. The van der Waals surface area contributed by atoms with Crippen LogP contribution in [0, 0.1) is 11.3 Å². The molecule has 0 saturated carbocycles. The van der Waals surface area contributed by atoms with Crippen molar-refractivity contribution >= 4 is 11.8 Å². The third kappa shape index (κ3) is 3.26. The van der Waals surface area contributed by atoms with Gasteiger partial charge in [-0.3, -0.25) is 0 Å². The van der Waals surface area contributed by atoms with Gasteiger partial charge in [0.05, 0.1) is 11.6 Å². The van der Waals surface area contributed by atoms with Crippen molar-refractivity contribution in [3.63, 3.8) is 0 Å². The maximum absolute atomic E-state index is 8.79. The van der Waals surface area contributed by atoms with E-state index in [9.17, 15) is 0 Å². The van der Waals surface area contributed by atoms with Crippen LogP contribution in [0.1, 0.15) is 24.0 Å². The molecule has 0 bridgehead atoms. The van der Waals surface area contributed by atoms with E-state index < -0.39 is 0 Å². The van der Waals surface area contributed by atoms with E-state index in [1.807, 2.05) is 18.2 Å². The van der Waals surface area contributed by atoms with Gasteiger partial charge in [0.15, 0.2) is 0 Å². The standard InChI is InChI=1S/C13H16N2S/c14-8-11-3-1-4-12(7-11)9-15-10-13-5-2-6-16-13/h1,3-4,7,13,15H,2,5-6,9-10H2. The van der Waals surface area contributed by atoms with Gasteiger partial charge in [-0.1, -0.05) is 12.1 Å². The molecule has 1 aromatic rings. The maximum Gasteiger partial charge on any atom is 0.0991 e. The van der Waals surface area contributed by atoms with Crippen molar-refractivity contribution in [1.29, 1.82) is 5.26 Å². The van der Waals surface area contributed by atoms with E-state index in [1.54, 1.807) is 0 Å². The molecule has 16 heavy (non-hydrogen) atoms. The molecule has 1 atom stereocenters. The summed E-state index contributed by atoms with van der Waals surface area (Å²) in [6, 6.07) is 9.97. The van der Waals surface area contributed by atoms with Gasteiger partial charge >= 0.3 is 0 Å². The highest BCUT2D eigenvalue weighted by atomic mass is 32.2. The highest BCUT2D eigenvalue weighted by molar-refractivity contribution is 8.00. The molecule has 1 aliphatic rings. The zero-order valence-electron chi connectivity index (χ0n) is 9.28. The minimum absolute atomic E-state index is 0.745. The first-order valence-electron chi connectivity index (χ1n) is 5.70. The molecule has 0 radical (unpaired) electrons. The van der Waals surface area contributed by atoms with Crippen LogP contribution in [0.2, 0.25) is 0 Å². The maximum atomic E-state index is 8.79. The molecule has 1 N–H and O–H groups in total. The molecule has 2 nitrogen and oxygen atoms in total. The quantitative estimate of drug-likeness (QED) is 0.866. The third-order valence-electron chi connectivity index (χ3n) is 2.78. The number of thioether (sulfide) groups is 1. The second-order valence-corrected chi connectivity index (χ2v) is 5.49. The summed E-state index contributed by atoms with van der Waals surface area (Å²) in [5, 5.41) is 13.0. The number of benzene rings is 1. The summed E-state index contributed by atoms with van der Waals surface area (Å²) in [6.07, 6.45) is 2.71. The van der Waals surface area contributed by atoms with Crippen LogP contribution in [0.4, 0.5) is 0 Å². The Morgan fingerprint density at radius 1 is 1.50 bits per heavy atom. The monoisotopic (exact) mass is 232 g/mol. The van der Waals surface area contributed by atoms with Gasteiger partial charge in [-0.2, -0.15) is 17.0 Å². The Morgan fingerprint density at radius 3 is 3.19 bits per heavy atom. The summed E-state index contributed by atoms with van der Waals surface area (Å²) < 4.78 is 0. The summed E-state index contributed by atoms with van der Waals surface area (Å²) in [6.45, 7) is 1.95. The Kier molecular flexibility index (Phi) is 4.26. The molecule has 0 spiro atoms. The molecule has 1 aliphatic heterocycles. The van der Waals surface area contributed by atoms with Gasteiger partial charge in [0.1, 0.15) is 0 Å². The lowest BCUT2D eigenvalue weighted by atomic mass is 10.1. The summed E-state index contributed by atoms with van der Waals surface area (Å²) in [5.74, 6) is 1.32. The Bertz CT molecular complexity index is 378. The average molecular weight is 232 g/mol. The molecule has 1 aromatic carbocycles. The molecule has 1 heterocycles. The highest BCUT2D eigenvalue weighted by Crippen LogP contribution is 2.25. The number of nitriles is 1. The molecule has 2 rings (SSSR count). The minimum atomic E-state index is 0.745. The molecule has 0 amide bonds. The van der Waals surface area contributed by atoms with Crippen molar-refractivity contribution in [2.24, 2.45) is 0 Å². The Balaban J connectivity index is 1.78. The van der Waals surface area contributed by atoms with Gasteiger partial charge in [0.25, 0.3) is 0 Å². The number of rotatable bonds is 4. The number of hydrogen-bond acceptors (Lipinski definition) is 3. The summed E-state index contributed by atoms with van der Waals surface area (Å²) in [4.78, 5) is 0. The highest BCUT2D eigenvalue weighted by Gasteiger charge is 2.14. The fourth-order valence-corrected chi connectivity index (χ4v) is 3.17. The van der Waals surface area contributed by atoms with Crippen LogP contribution >= 0.6 is 11.8 Å². The van der Waals surface area contributed by atoms with Gasteiger partial charge < -0.3 is 5.32 Å². The third-order valence-corrected chi connectivity index (χ3v) is 4.18. The number of nitrogens with one attached hydrogen (secondary N) is 1. The van der Waals surface area contributed by atoms with E-state index in [-0.39, 0.29) is 0 Å². The molecule has 0 aromatic heterocycles. The van der Waals surface area contributed by atoms with Crippen molar-refractivity contribution in [3.05, 3.63) is 35.4 Å². The normalized spacial score (nSPS) is 19.6. The van der Waals surface area contributed by atoms with Crippen molar-refractivity contribution < 1.29 is 0 Å². The van der Waals surface area contributed by atoms with E-state index >= 15 is 0 Å². The van der Waals surface area contributed by atoms with Gasteiger partial charge in [-0.25, -0.2) is 0 Å². The minimum Gasteiger partial charge on any atom is -0.312 e. The second-order valence-electron chi connectivity index (χ2n) is 4.08. The van der Waals surface area contributed by atoms with Crippen molar-refractivity contribution in [2.45, 2.75) is 24.6 Å². The first kappa shape index (κ1) is 11.5. The smallest absolute Gasteiger partial charge is 0.0991 e. The van der Waals surface area contributed by atoms with Crippen LogP contribution in [-0.2, 0) is 6.54 Å². The molecule has 1 fully saturated rings. The van der Waals surface area contributed by atoms with Crippen LogP contribution < -0.4 is 5.32 Å². The topological polar surface area (TPSA) is 35.8 Å². The summed E-state index contributed by atoms with van der Waals surface area (Å²) in [7, 11) is 0. The predicted molar refractivity (Wildman–Crippen MR) is 68.3 cm³/mol. The van der Waals surface area contributed by atoms with E-state index in [4.69, 9.17) is 5.26 Å².